The fourth-order valence-electron chi connectivity index (χ4n) is 3.70. The Morgan fingerprint density at radius 1 is 1.03 bits per heavy atom. The number of amides is 2. The van der Waals surface area contributed by atoms with Gasteiger partial charge in [0.2, 0.25) is 5.91 Å². The van der Waals surface area contributed by atoms with Crippen LogP contribution in [0, 0.1) is 11.6 Å². The predicted molar refractivity (Wildman–Crippen MR) is 129 cm³/mol. The highest BCUT2D eigenvalue weighted by molar-refractivity contribution is 7.91. The summed E-state index contributed by atoms with van der Waals surface area (Å²) in [6.45, 7) is -0.0242. The van der Waals surface area contributed by atoms with Gasteiger partial charge in [0.1, 0.15) is 11.6 Å². The summed E-state index contributed by atoms with van der Waals surface area (Å²) in [6, 6.07) is 14.6. The van der Waals surface area contributed by atoms with Crippen molar-refractivity contribution in [2.24, 2.45) is 5.73 Å². The van der Waals surface area contributed by atoms with E-state index in [-0.39, 0.29) is 31.2 Å². The molecule has 1 heterocycles. The van der Waals surface area contributed by atoms with Crippen LogP contribution < -0.4 is 16.0 Å². The highest BCUT2D eigenvalue weighted by Gasteiger charge is 2.37. The first kappa shape index (κ1) is 26.3. The molecule has 3 aromatic rings. The molecule has 11 heteroatoms. The quantitative estimate of drug-likeness (QED) is 0.536. The molecule has 0 spiro atoms. The Bertz CT molecular complexity index is 1350. The van der Waals surface area contributed by atoms with Crippen LogP contribution in [-0.4, -0.2) is 32.0 Å². The van der Waals surface area contributed by atoms with E-state index < -0.39 is 55.5 Å². The molecular weight excluding hydrogens is 500 g/mol. The molecule has 0 saturated carbocycles. The summed E-state index contributed by atoms with van der Waals surface area (Å²) in [7, 11) is -4.13. The number of hydrogen-bond donors (Lipinski definition) is 2. The SMILES string of the molecule is Cl.N[C@H]1CS(=O)(=O)c2cc(F)c(C(=O)NCc3ccccc3)cc2N(Cc2ccc(F)cc2)C1=O. The molecule has 0 unspecified atom stereocenters. The third kappa shape index (κ3) is 5.67. The molecule has 1 aliphatic rings. The number of hydrogen-bond acceptors (Lipinski definition) is 5. The predicted octanol–water partition coefficient (Wildman–Crippen LogP) is 2.96. The number of anilines is 1. The lowest BCUT2D eigenvalue weighted by Gasteiger charge is -2.25. The van der Waals surface area contributed by atoms with Gasteiger partial charge in [-0.2, -0.15) is 0 Å². The van der Waals surface area contributed by atoms with E-state index in [0.717, 1.165) is 22.6 Å². The van der Waals surface area contributed by atoms with Crippen molar-refractivity contribution in [2.45, 2.75) is 24.0 Å². The van der Waals surface area contributed by atoms with Crippen LogP contribution in [0.5, 0.6) is 0 Å². The van der Waals surface area contributed by atoms with Crippen LogP contribution in [0.1, 0.15) is 21.5 Å². The Kier molecular flexibility index (Phi) is 7.89. The number of carbonyl (C=O) groups is 2. The van der Waals surface area contributed by atoms with Crippen LogP contribution in [-0.2, 0) is 27.7 Å². The molecule has 7 nitrogen and oxygen atoms in total. The van der Waals surface area contributed by atoms with E-state index in [1.807, 2.05) is 6.07 Å². The second-order valence-electron chi connectivity index (χ2n) is 7.91. The molecule has 0 radical (unpaired) electrons. The van der Waals surface area contributed by atoms with Gasteiger partial charge in [0.25, 0.3) is 5.91 Å². The van der Waals surface area contributed by atoms with Crippen molar-refractivity contribution in [2.75, 3.05) is 10.7 Å². The van der Waals surface area contributed by atoms with Crippen molar-refractivity contribution in [1.82, 2.24) is 5.32 Å². The third-order valence-corrected chi connectivity index (χ3v) is 7.25. The average molecular weight is 522 g/mol. The first-order valence-electron chi connectivity index (χ1n) is 10.4. The molecular formula is C24H22ClF2N3O4S. The smallest absolute Gasteiger partial charge is 0.254 e. The maximum absolute atomic E-state index is 14.9. The van der Waals surface area contributed by atoms with Gasteiger partial charge in [-0.05, 0) is 35.4 Å². The Morgan fingerprint density at radius 3 is 2.34 bits per heavy atom. The largest absolute Gasteiger partial charge is 0.348 e. The zero-order valence-electron chi connectivity index (χ0n) is 18.3. The fourth-order valence-corrected chi connectivity index (χ4v) is 5.27. The Labute approximate surface area is 207 Å². The lowest BCUT2D eigenvalue weighted by molar-refractivity contribution is -0.119. The standard InChI is InChI=1S/C24H21F2N3O4S.ClH/c25-17-8-6-16(7-9-17)13-29-21-10-18(23(30)28-12-15-4-2-1-3-5-15)19(26)11-22(21)34(32,33)14-20(27)24(29)31;/h1-11,20H,12-14,27H2,(H,28,30);1H/t20-;/m0./s1. The number of nitrogens with zero attached hydrogens (tertiary/aromatic N) is 1. The summed E-state index contributed by atoms with van der Waals surface area (Å²) >= 11 is 0. The summed E-state index contributed by atoms with van der Waals surface area (Å²) in [5, 5.41) is 2.59. The highest BCUT2D eigenvalue weighted by Crippen LogP contribution is 2.34. The van der Waals surface area contributed by atoms with Gasteiger partial charge in [0.15, 0.2) is 9.84 Å². The van der Waals surface area contributed by atoms with Crippen LogP contribution in [0.3, 0.4) is 0 Å². The minimum absolute atomic E-state index is 0. The lowest BCUT2D eigenvalue weighted by atomic mass is 10.1. The highest BCUT2D eigenvalue weighted by atomic mass is 35.5. The molecule has 3 aromatic carbocycles. The first-order chi connectivity index (χ1) is 16.2. The number of sulfone groups is 1. The lowest BCUT2D eigenvalue weighted by Crippen LogP contribution is -2.45. The summed E-state index contributed by atoms with van der Waals surface area (Å²) in [4.78, 5) is 26.4. The van der Waals surface area contributed by atoms with Gasteiger partial charge in [-0.1, -0.05) is 42.5 Å². The van der Waals surface area contributed by atoms with Gasteiger partial charge < -0.3 is 16.0 Å². The van der Waals surface area contributed by atoms with Gasteiger partial charge in [-0.3, -0.25) is 9.59 Å². The zero-order chi connectivity index (χ0) is 24.5. The van der Waals surface area contributed by atoms with Crippen molar-refractivity contribution in [3.05, 3.63) is 95.1 Å². The van der Waals surface area contributed by atoms with Crippen LogP contribution in [0.15, 0.2) is 71.6 Å². The van der Waals surface area contributed by atoms with Gasteiger partial charge in [-0.25, -0.2) is 17.2 Å². The molecule has 0 fully saturated rings. The second kappa shape index (κ2) is 10.5. The topological polar surface area (TPSA) is 110 Å². The summed E-state index contributed by atoms with van der Waals surface area (Å²) < 4.78 is 54.0. The molecule has 0 aromatic heterocycles. The number of halogens is 3. The van der Waals surface area contributed by atoms with Gasteiger partial charge >= 0.3 is 0 Å². The number of rotatable bonds is 5. The van der Waals surface area contributed by atoms with Gasteiger partial charge in [-0.15, -0.1) is 12.4 Å². The van der Waals surface area contributed by atoms with Crippen LogP contribution in [0.2, 0.25) is 0 Å². The molecule has 0 aliphatic carbocycles. The molecule has 2 amide bonds. The van der Waals surface area contributed by atoms with Crippen molar-refractivity contribution in [3.63, 3.8) is 0 Å². The minimum atomic E-state index is -4.13. The number of carbonyl (C=O) groups excluding carboxylic acids is 2. The van der Waals surface area contributed by atoms with E-state index in [0.29, 0.717) is 5.56 Å². The molecule has 1 atom stereocenters. The average Bonchev–Trinajstić information content (AvgIpc) is 2.87. The van der Waals surface area contributed by atoms with Gasteiger partial charge in [0.05, 0.1) is 34.5 Å². The number of nitrogens with one attached hydrogen (secondary N) is 1. The molecule has 35 heavy (non-hydrogen) atoms. The van der Waals surface area contributed by atoms with Crippen LogP contribution in [0.4, 0.5) is 14.5 Å². The van der Waals surface area contributed by atoms with Crippen molar-refractivity contribution < 1.29 is 26.8 Å². The number of fused-ring (bicyclic) bond motifs is 1. The van der Waals surface area contributed by atoms with E-state index in [1.165, 1.54) is 24.3 Å². The molecule has 0 saturated heterocycles. The first-order valence-corrected chi connectivity index (χ1v) is 12.0. The van der Waals surface area contributed by atoms with Crippen molar-refractivity contribution in [1.29, 1.82) is 0 Å². The normalized spacial score (nSPS) is 16.6. The van der Waals surface area contributed by atoms with E-state index in [4.69, 9.17) is 5.73 Å². The molecule has 184 valence electrons. The van der Waals surface area contributed by atoms with Crippen molar-refractivity contribution >= 4 is 39.7 Å². The number of nitrogens with two attached hydrogens (primary N) is 1. The Balaban J connectivity index is 0.00000342. The molecule has 0 bridgehead atoms. The second-order valence-corrected chi connectivity index (χ2v) is 9.91. The molecule has 1 aliphatic heterocycles. The Hall–Kier alpha value is -3.34. The van der Waals surface area contributed by atoms with E-state index in [9.17, 15) is 26.8 Å². The minimum Gasteiger partial charge on any atom is -0.348 e. The van der Waals surface area contributed by atoms with Crippen molar-refractivity contribution in [3.8, 4) is 0 Å². The van der Waals surface area contributed by atoms with E-state index in [2.05, 4.69) is 5.32 Å². The fraction of sp³-hybridized carbons (Fsp3) is 0.167. The Morgan fingerprint density at radius 2 is 1.69 bits per heavy atom. The monoisotopic (exact) mass is 521 g/mol. The summed E-state index contributed by atoms with van der Waals surface area (Å²) in [5.41, 5.74) is 6.55. The molecule has 3 N–H and O–H groups in total. The summed E-state index contributed by atoms with van der Waals surface area (Å²) in [6.07, 6.45) is 0. The molecule has 4 rings (SSSR count). The van der Waals surface area contributed by atoms with Gasteiger partial charge in [0, 0.05) is 6.54 Å². The van der Waals surface area contributed by atoms with E-state index in [1.54, 1.807) is 24.3 Å². The summed E-state index contributed by atoms with van der Waals surface area (Å²) in [5.74, 6) is -3.72. The maximum atomic E-state index is 14.9. The third-order valence-electron chi connectivity index (χ3n) is 5.45. The zero-order valence-corrected chi connectivity index (χ0v) is 19.9. The maximum Gasteiger partial charge on any atom is 0.254 e. The van der Waals surface area contributed by atoms with E-state index >= 15 is 0 Å². The number of benzene rings is 3. The van der Waals surface area contributed by atoms with Crippen LogP contribution >= 0.6 is 12.4 Å². The van der Waals surface area contributed by atoms with Crippen LogP contribution in [0.25, 0.3) is 0 Å².